The van der Waals surface area contributed by atoms with Crippen molar-refractivity contribution in [2.75, 3.05) is 31.1 Å². The first-order chi connectivity index (χ1) is 13.1. The average Bonchev–Trinajstić information content (AvgIpc) is 3.25. The van der Waals surface area contributed by atoms with Crippen molar-refractivity contribution in [1.29, 1.82) is 0 Å². The maximum Gasteiger partial charge on any atom is 0.253 e. The van der Waals surface area contributed by atoms with E-state index in [4.69, 9.17) is 4.42 Å². The van der Waals surface area contributed by atoms with Crippen molar-refractivity contribution in [3.63, 3.8) is 0 Å². The summed E-state index contributed by atoms with van der Waals surface area (Å²) in [5.74, 6) is 1.62. The predicted octanol–water partition coefficient (Wildman–Crippen LogP) is 3.32. The average molecular weight is 362 g/mol. The Morgan fingerprint density at radius 1 is 0.963 bits per heavy atom. The summed E-state index contributed by atoms with van der Waals surface area (Å²) in [4.78, 5) is 16.8. The van der Waals surface area contributed by atoms with Crippen molar-refractivity contribution in [3.05, 3.63) is 65.4 Å². The Balaban J connectivity index is 1.39. The largest absolute Gasteiger partial charge is 0.463 e. The molecule has 138 valence electrons. The Bertz CT molecular complexity index is 927. The van der Waals surface area contributed by atoms with E-state index in [1.54, 1.807) is 6.26 Å². The van der Waals surface area contributed by atoms with Gasteiger partial charge in [-0.1, -0.05) is 6.07 Å². The Morgan fingerprint density at radius 2 is 1.78 bits per heavy atom. The Hall–Kier alpha value is -3.15. The number of aromatic nitrogens is 2. The summed E-state index contributed by atoms with van der Waals surface area (Å²) in [7, 11) is 0. The van der Waals surface area contributed by atoms with Crippen LogP contribution in [0.2, 0.25) is 0 Å². The number of hydrogen-bond donors (Lipinski definition) is 0. The van der Waals surface area contributed by atoms with Crippen LogP contribution in [0.5, 0.6) is 0 Å². The zero-order valence-corrected chi connectivity index (χ0v) is 15.6. The molecular weight excluding hydrogens is 340 g/mol. The maximum absolute atomic E-state index is 12.8. The van der Waals surface area contributed by atoms with Gasteiger partial charge in [-0.3, -0.25) is 4.79 Å². The number of carbonyl (C=O) groups excluding carboxylic acids is 1. The van der Waals surface area contributed by atoms with Crippen LogP contribution < -0.4 is 4.90 Å². The quantitative estimate of drug-likeness (QED) is 0.715. The molecule has 0 unspecified atom stereocenters. The third kappa shape index (κ3) is 3.56. The van der Waals surface area contributed by atoms with Gasteiger partial charge in [0.25, 0.3) is 5.91 Å². The normalized spacial score (nSPS) is 14.4. The van der Waals surface area contributed by atoms with Crippen molar-refractivity contribution in [1.82, 2.24) is 15.1 Å². The second kappa shape index (κ2) is 7.23. The highest BCUT2D eigenvalue weighted by atomic mass is 16.3. The SMILES string of the molecule is Cc1ccc(C(=O)N2CCN(c3ccc(-c4ccco4)nn3)CC2)cc1C. The first kappa shape index (κ1) is 17.3. The van der Waals surface area contributed by atoms with E-state index in [-0.39, 0.29) is 5.91 Å². The van der Waals surface area contributed by atoms with Crippen molar-refractivity contribution < 1.29 is 9.21 Å². The van der Waals surface area contributed by atoms with Gasteiger partial charge in [0.2, 0.25) is 0 Å². The summed E-state index contributed by atoms with van der Waals surface area (Å²) in [6, 6.07) is 13.4. The molecule has 6 heteroatoms. The summed E-state index contributed by atoms with van der Waals surface area (Å²) in [6.07, 6.45) is 1.62. The van der Waals surface area contributed by atoms with Crippen LogP contribution >= 0.6 is 0 Å². The predicted molar refractivity (Wildman–Crippen MR) is 104 cm³/mol. The first-order valence-electron chi connectivity index (χ1n) is 9.11. The fourth-order valence-electron chi connectivity index (χ4n) is 3.25. The van der Waals surface area contributed by atoms with Gasteiger partial charge in [-0.05, 0) is 61.4 Å². The highest BCUT2D eigenvalue weighted by Gasteiger charge is 2.23. The highest BCUT2D eigenvalue weighted by Crippen LogP contribution is 2.20. The van der Waals surface area contributed by atoms with E-state index in [9.17, 15) is 4.79 Å². The molecule has 0 radical (unpaired) electrons. The number of furan rings is 1. The lowest BCUT2D eigenvalue weighted by molar-refractivity contribution is 0.0746. The molecule has 1 amide bonds. The molecule has 1 saturated heterocycles. The van der Waals surface area contributed by atoms with Gasteiger partial charge in [0.15, 0.2) is 11.6 Å². The molecule has 0 spiro atoms. The third-order valence-corrected chi connectivity index (χ3v) is 5.07. The summed E-state index contributed by atoms with van der Waals surface area (Å²) < 4.78 is 5.34. The molecule has 0 atom stereocenters. The highest BCUT2D eigenvalue weighted by molar-refractivity contribution is 5.94. The van der Waals surface area contributed by atoms with E-state index >= 15 is 0 Å². The minimum Gasteiger partial charge on any atom is -0.463 e. The lowest BCUT2D eigenvalue weighted by Crippen LogP contribution is -2.49. The van der Waals surface area contributed by atoms with E-state index in [2.05, 4.69) is 22.0 Å². The Kier molecular flexibility index (Phi) is 4.62. The van der Waals surface area contributed by atoms with Crippen LogP contribution in [0.3, 0.4) is 0 Å². The van der Waals surface area contributed by atoms with Crippen molar-refractivity contribution in [3.8, 4) is 11.5 Å². The molecule has 6 nitrogen and oxygen atoms in total. The van der Waals surface area contributed by atoms with E-state index in [0.29, 0.717) is 24.5 Å². The van der Waals surface area contributed by atoms with E-state index in [1.807, 2.05) is 54.3 Å². The standard InChI is InChI=1S/C21H22N4O2/c1-15-5-6-17(14-16(15)2)21(26)25-11-9-24(10-12-25)20-8-7-18(22-23-20)19-4-3-13-27-19/h3-8,13-14H,9-12H2,1-2H3. The van der Waals surface area contributed by atoms with Gasteiger partial charge in [0, 0.05) is 31.7 Å². The van der Waals surface area contributed by atoms with Gasteiger partial charge in [0.1, 0.15) is 5.69 Å². The van der Waals surface area contributed by atoms with Crippen LogP contribution in [0.25, 0.3) is 11.5 Å². The van der Waals surface area contributed by atoms with Crippen LogP contribution in [0, 0.1) is 13.8 Å². The van der Waals surface area contributed by atoms with Gasteiger partial charge < -0.3 is 14.2 Å². The molecule has 2 aromatic heterocycles. The van der Waals surface area contributed by atoms with E-state index in [0.717, 1.165) is 30.0 Å². The van der Waals surface area contributed by atoms with Crippen molar-refractivity contribution >= 4 is 11.7 Å². The zero-order valence-electron chi connectivity index (χ0n) is 15.6. The number of piperazine rings is 1. The second-order valence-corrected chi connectivity index (χ2v) is 6.83. The lowest BCUT2D eigenvalue weighted by Gasteiger charge is -2.35. The van der Waals surface area contributed by atoms with Crippen LogP contribution in [0.4, 0.5) is 5.82 Å². The van der Waals surface area contributed by atoms with Crippen LogP contribution in [0.1, 0.15) is 21.5 Å². The molecule has 27 heavy (non-hydrogen) atoms. The number of aryl methyl sites for hydroxylation is 2. The summed E-state index contributed by atoms with van der Waals surface area (Å²) in [5, 5.41) is 8.57. The molecule has 1 aromatic carbocycles. The van der Waals surface area contributed by atoms with Crippen LogP contribution in [-0.2, 0) is 0 Å². The van der Waals surface area contributed by atoms with Gasteiger partial charge >= 0.3 is 0 Å². The molecular formula is C21H22N4O2. The molecule has 3 heterocycles. The summed E-state index contributed by atoms with van der Waals surface area (Å²) >= 11 is 0. The fourth-order valence-corrected chi connectivity index (χ4v) is 3.25. The zero-order chi connectivity index (χ0) is 18.8. The molecule has 1 aliphatic rings. The van der Waals surface area contributed by atoms with Crippen molar-refractivity contribution in [2.45, 2.75) is 13.8 Å². The Morgan fingerprint density at radius 3 is 2.41 bits per heavy atom. The van der Waals surface area contributed by atoms with Gasteiger partial charge in [-0.25, -0.2) is 0 Å². The molecule has 3 aromatic rings. The number of hydrogen-bond acceptors (Lipinski definition) is 5. The number of carbonyl (C=O) groups is 1. The lowest BCUT2D eigenvalue weighted by atomic mass is 10.1. The maximum atomic E-state index is 12.8. The first-order valence-corrected chi connectivity index (χ1v) is 9.11. The number of nitrogens with zero attached hydrogens (tertiary/aromatic N) is 4. The van der Waals surface area contributed by atoms with E-state index < -0.39 is 0 Å². The minimum absolute atomic E-state index is 0.0944. The monoisotopic (exact) mass is 362 g/mol. The van der Waals surface area contributed by atoms with Gasteiger partial charge in [0.05, 0.1) is 6.26 Å². The summed E-state index contributed by atoms with van der Waals surface area (Å²) in [5.41, 5.74) is 3.82. The van der Waals surface area contributed by atoms with Gasteiger partial charge in [-0.2, -0.15) is 0 Å². The van der Waals surface area contributed by atoms with Crippen LogP contribution in [-0.4, -0.2) is 47.2 Å². The smallest absolute Gasteiger partial charge is 0.253 e. The molecule has 0 aliphatic carbocycles. The molecule has 1 aliphatic heterocycles. The topological polar surface area (TPSA) is 62.5 Å². The summed E-state index contributed by atoms with van der Waals surface area (Å²) in [6.45, 7) is 6.92. The number of anilines is 1. The molecule has 1 fully saturated rings. The Labute approximate surface area is 158 Å². The molecule has 0 N–H and O–H groups in total. The van der Waals surface area contributed by atoms with Gasteiger partial charge in [-0.15, -0.1) is 10.2 Å². The molecule has 0 bridgehead atoms. The second-order valence-electron chi connectivity index (χ2n) is 6.83. The van der Waals surface area contributed by atoms with Crippen molar-refractivity contribution in [2.24, 2.45) is 0 Å². The number of amides is 1. The van der Waals surface area contributed by atoms with E-state index in [1.165, 1.54) is 5.56 Å². The number of benzene rings is 1. The molecule has 0 saturated carbocycles. The fraction of sp³-hybridized carbons (Fsp3) is 0.286. The van der Waals surface area contributed by atoms with Crippen LogP contribution in [0.15, 0.2) is 53.1 Å². The third-order valence-electron chi connectivity index (χ3n) is 5.07. The number of rotatable bonds is 3. The minimum atomic E-state index is 0.0944. The molecule has 4 rings (SSSR count).